The first-order chi connectivity index (χ1) is 48.3. The molecule has 594 valence electrons. The van der Waals surface area contributed by atoms with Gasteiger partial charge in [-0.25, -0.2) is 9.13 Å². The number of phosphoric ester groups is 2. The van der Waals surface area contributed by atoms with Gasteiger partial charge in [0, 0.05) is 25.7 Å². The zero-order chi connectivity index (χ0) is 73.7. The molecule has 17 nitrogen and oxygen atoms in total. The lowest BCUT2D eigenvalue weighted by Gasteiger charge is -2.21. The van der Waals surface area contributed by atoms with Crippen molar-refractivity contribution in [1.29, 1.82) is 0 Å². The number of aliphatic hydroxyl groups excluding tert-OH is 1. The van der Waals surface area contributed by atoms with Gasteiger partial charge in [-0.2, -0.15) is 0 Å². The highest BCUT2D eigenvalue weighted by Gasteiger charge is 2.30. The molecule has 0 aromatic rings. The Kier molecular flexibility index (Phi) is 69.9. The summed E-state index contributed by atoms with van der Waals surface area (Å²) in [5.74, 6) is 0.164. The number of rotatable bonds is 79. The Hall–Kier alpha value is -1.94. The second-order valence-electron chi connectivity index (χ2n) is 30.4. The zero-order valence-electron chi connectivity index (χ0n) is 65.7. The van der Waals surface area contributed by atoms with E-state index in [4.69, 9.17) is 37.0 Å². The van der Waals surface area contributed by atoms with E-state index in [1.165, 1.54) is 225 Å². The van der Waals surface area contributed by atoms with Crippen molar-refractivity contribution in [3.05, 3.63) is 0 Å². The number of hydrogen-bond acceptors (Lipinski definition) is 15. The van der Waals surface area contributed by atoms with Crippen LogP contribution in [0.1, 0.15) is 421 Å². The van der Waals surface area contributed by atoms with Gasteiger partial charge in [0.1, 0.15) is 19.3 Å². The van der Waals surface area contributed by atoms with E-state index in [9.17, 15) is 43.2 Å². The number of unbranched alkanes of at least 4 members (excludes halogenated alkanes) is 46. The molecular weight excluding hydrogens is 1310 g/mol. The standard InChI is InChI=1S/C81H158O17P2/c1-8-10-11-12-13-14-15-16-17-18-19-20-21-22-23-24-31-36-41-50-57-64-80(85)97-76(68-91-78(83)62-55-48-40-35-30-26-25-28-33-38-45-52-59-72(3)4)70-95-99(87,88)93-66-75(82)67-94-100(89,90)96-71-77(69-92-79(84)63-56-49-44-43-47-54-61-74(7)9-2)98-81(86)65-58-51-42-37-32-27-29-34-39-46-53-60-73(5)6/h72-77,82H,8-71H2,1-7H3,(H,87,88)(H,89,90)/t74?,75-,76-,77-/m1/s1. The van der Waals surface area contributed by atoms with Crippen LogP contribution in [0.2, 0.25) is 0 Å². The van der Waals surface area contributed by atoms with E-state index in [0.29, 0.717) is 25.7 Å². The van der Waals surface area contributed by atoms with Crippen molar-refractivity contribution in [2.75, 3.05) is 39.6 Å². The fourth-order valence-electron chi connectivity index (χ4n) is 12.5. The molecule has 0 saturated carbocycles. The molecule has 0 heterocycles. The van der Waals surface area contributed by atoms with Gasteiger partial charge in [0.15, 0.2) is 12.2 Å². The van der Waals surface area contributed by atoms with Crippen molar-refractivity contribution >= 4 is 39.5 Å². The normalized spacial score (nSPS) is 14.2. The number of aliphatic hydroxyl groups is 1. The van der Waals surface area contributed by atoms with Crippen LogP contribution in [-0.2, 0) is 65.4 Å². The summed E-state index contributed by atoms with van der Waals surface area (Å²) >= 11 is 0. The lowest BCUT2D eigenvalue weighted by Crippen LogP contribution is -2.30. The van der Waals surface area contributed by atoms with E-state index in [2.05, 4.69) is 48.5 Å². The van der Waals surface area contributed by atoms with Gasteiger partial charge < -0.3 is 33.8 Å². The van der Waals surface area contributed by atoms with Crippen LogP contribution in [0, 0.1) is 17.8 Å². The quantitative estimate of drug-likeness (QED) is 0.0222. The van der Waals surface area contributed by atoms with Crippen LogP contribution < -0.4 is 0 Å². The predicted octanol–water partition coefficient (Wildman–Crippen LogP) is 24.1. The predicted molar refractivity (Wildman–Crippen MR) is 409 cm³/mol. The largest absolute Gasteiger partial charge is 0.472 e. The smallest absolute Gasteiger partial charge is 0.462 e. The van der Waals surface area contributed by atoms with Gasteiger partial charge in [0.05, 0.1) is 26.4 Å². The highest BCUT2D eigenvalue weighted by atomic mass is 31.2. The lowest BCUT2D eigenvalue weighted by atomic mass is 10.00. The van der Waals surface area contributed by atoms with Crippen LogP contribution in [0.5, 0.6) is 0 Å². The minimum absolute atomic E-state index is 0.106. The summed E-state index contributed by atoms with van der Waals surface area (Å²) in [6.07, 6.45) is 59.8. The molecule has 0 bridgehead atoms. The van der Waals surface area contributed by atoms with E-state index in [0.717, 1.165) is 114 Å². The van der Waals surface area contributed by atoms with Gasteiger partial charge in [0.2, 0.25) is 0 Å². The van der Waals surface area contributed by atoms with Gasteiger partial charge in [-0.3, -0.25) is 37.3 Å². The molecule has 0 aliphatic heterocycles. The first-order valence-electron chi connectivity index (χ1n) is 41.9. The van der Waals surface area contributed by atoms with Crippen LogP contribution in [0.3, 0.4) is 0 Å². The first kappa shape index (κ1) is 98.1. The Morgan fingerprint density at radius 1 is 0.290 bits per heavy atom. The van der Waals surface area contributed by atoms with Gasteiger partial charge in [0.25, 0.3) is 0 Å². The highest BCUT2D eigenvalue weighted by molar-refractivity contribution is 7.47. The van der Waals surface area contributed by atoms with Crippen molar-refractivity contribution in [2.24, 2.45) is 17.8 Å². The summed E-state index contributed by atoms with van der Waals surface area (Å²) in [5, 5.41) is 10.6. The summed E-state index contributed by atoms with van der Waals surface area (Å²) in [6, 6.07) is 0. The summed E-state index contributed by atoms with van der Waals surface area (Å²) in [5.41, 5.74) is 0. The Bertz CT molecular complexity index is 1940. The summed E-state index contributed by atoms with van der Waals surface area (Å²) in [6.45, 7) is 11.9. The molecule has 0 radical (unpaired) electrons. The number of hydrogen-bond donors (Lipinski definition) is 3. The molecule has 0 amide bonds. The van der Waals surface area contributed by atoms with Crippen LogP contribution >= 0.6 is 15.6 Å². The molecule has 0 aromatic carbocycles. The van der Waals surface area contributed by atoms with Gasteiger partial charge in [-0.15, -0.1) is 0 Å². The van der Waals surface area contributed by atoms with Crippen LogP contribution in [0.4, 0.5) is 0 Å². The molecule has 0 aliphatic rings. The van der Waals surface area contributed by atoms with E-state index < -0.39 is 97.5 Å². The third-order valence-electron chi connectivity index (χ3n) is 19.2. The topological polar surface area (TPSA) is 237 Å². The van der Waals surface area contributed by atoms with E-state index in [1.807, 2.05) is 0 Å². The van der Waals surface area contributed by atoms with E-state index in [-0.39, 0.29) is 25.7 Å². The number of carbonyl (C=O) groups excluding carboxylic acids is 4. The van der Waals surface area contributed by atoms with Crippen LogP contribution in [-0.4, -0.2) is 96.7 Å². The fourth-order valence-corrected chi connectivity index (χ4v) is 14.0. The second kappa shape index (κ2) is 71.3. The van der Waals surface area contributed by atoms with Gasteiger partial charge in [-0.05, 0) is 43.4 Å². The van der Waals surface area contributed by atoms with Crippen LogP contribution in [0.25, 0.3) is 0 Å². The molecule has 19 heteroatoms. The number of phosphoric acid groups is 2. The number of carbonyl (C=O) groups is 4. The average molecular weight is 1470 g/mol. The summed E-state index contributed by atoms with van der Waals surface area (Å²) in [4.78, 5) is 73.0. The van der Waals surface area contributed by atoms with Crippen LogP contribution in [0.15, 0.2) is 0 Å². The summed E-state index contributed by atoms with van der Waals surface area (Å²) in [7, 11) is -9.92. The molecule has 0 fully saturated rings. The molecule has 3 N–H and O–H groups in total. The Morgan fingerprint density at radius 2 is 0.510 bits per heavy atom. The molecule has 0 saturated heterocycles. The van der Waals surface area contributed by atoms with Crippen molar-refractivity contribution in [1.82, 2.24) is 0 Å². The Morgan fingerprint density at radius 3 is 0.760 bits per heavy atom. The Balaban J connectivity index is 5.23. The number of esters is 4. The minimum atomic E-state index is -4.96. The maximum absolute atomic E-state index is 13.1. The molecular formula is C81H158O17P2. The SMILES string of the molecule is CCCCCCCCCCCCCCCCCCCCCCCC(=O)O[C@H](COC(=O)CCCCCCCCCCCCCCC(C)C)COP(=O)(O)OC[C@@H](O)COP(=O)(O)OC[C@@H](COC(=O)CCCCCCCCC(C)CC)OC(=O)CCCCCCCCCCCCCC(C)C. The monoisotopic (exact) mass is 1470 g/mol. The maximum Gasteiger partial charge on any atom is 0.472 e. The maximum atomic E-state index is 13.1. The van der Waals surface area contributed by atoms with Crippen molar-refractivity contribution in [2.45, 2.75) is 439 Å². The Labute approximate surface area is 613 Å². The molecule has 0 spiro atoms. The number of ether oxygens (including phenoxy) is 4. The van der Waals surface area contributed by atoms with E-state index >= 15 is 0 Å². The molecule has 6 atom stereocenters. The minimum Gasteiger partial charge on any atom is -0.462 e. The molecule has 0 rings (SSSR count). The molecule has 100 heavy (non-hydrogen) atoms. The van der Waals surface area contributed by atoms with Crippen molar-refractivity contribution in [3.8, 4) is 0 Å². The highest BCUT2D eigenvalue weighted by Crippen LogP contribution is 2.45. The lowest BCUT2D eigenvalue weighted by molar-refractivity contribution is -0.161. The third kappa shape index (κ3) is 73.0. The zero-order valence-corrected chi connectivity index (χ0v) is 67.5. The molecule has 3 unspecified atom stereocenters. The van der Waals surface area contributed by atoms with E-state index in [1.54, 1.807) is 0 Å². The molecule has 0 aromatic heterocycles. The molecule has 0 aliphatic carbocycles. The average Bonchev–Trinajstić information content (AvgIpc) is 0.940. The van der Waals surface area contributed by atoms with Crippen molar-refractivity contribution in [3.63, 3.8) is 0 Å². The fraction of sp³-hybridized carbons (Fsp3) is 0.951. The first-order valence-corrected chi connectivity index (χ1v) is 44.9. The van der Waals surface area contributed by atoms with Crippen molar-refractivity contribution < 1.29 is 80.2 Å². The van der Waals surface area contributed by atoms with Gasteiger partial charge in [-0.1, -0.05) is 370 Å². The second-order valence-corrected chi connectivity index (χ2v) is 33.3. The third-order valence-corrected chi connectivity index (χ3v) is 21.1. The summed E-state index contributed by atoms with van der Waals surface area (Å²) < 4.78 is 68.7. The van der Waals surface area contributed by atoms with Gasteiger partial charge >= 0.3 is 39.5 Å².